The molecule has 101 valence electrons. The average Bonchev–Trinajstić information content (AvgIpc) is 2.90. The predicted octanol–water partition coefficient (Wildman–Crippen LogP) is 5.32. The Morgan fingerprint density at radius 2 is 1.45 bits per heavy atom. The third kappa shape index (κ3) is 1.98. The van der Waals surface area contributed by atoms with E-state index in [1.54, 1.807) is 11.1 Å². The van der Waals surface area contributed by atoms with Crippen molar-refractivity contribution in [2.45, 2.75) is 44.9 Å². The van der Waals surface area contributed by atoms with Crippen LogP contribution in [0.5, 0.6) is 0 Å². The van der Waals surface area contributed by atoms with Gasteiger partial charge in [-0.1, -0.05) is 55.7 Å². The topological polar surface area (TPSA) is 0 Å². The highest BCUT2D eigenvalue weighted by molar-refractivity contribution is 5.82. The maximum atomic E-state index is 2.42. The first-order valence-electron chi connectivity index (χ1n) is 8.02. The van der Waals surface area contributed by atoms with Crippen LogP contribution in [0.1, 0.15) is 54.4 Å². The Morgan fingerprint density at radius 3 is 2.40 bits per heavy atom. The van der Waals surface area contributed by atoms with E-state index in [9.17, 15) is 0 Å². The Labute approximate surface area is 121 Å². The van der Waals surface area contributed by atoms with Gasteiger partial charge in [-0.3, -0.25) is 0 Å². The summed E-state index contributed by atoms with van der Waals surface area (Å²) in [7, 11) is 0. The summed E-state index contributed by atoms with van der Waals surface area (Å²) in [5, 5.41) is 0. The zero-order chi connectivity index (χ0) is 13.4. The number of benzene rings is 2. The molecule has 0 bridgehead atoms. The van der Waals surface area contributed by atoms with Gasteiger partial charge in [-0.05, 0) is 59.1 Å². The summed E-state index contributed by atoms with van der Waals surface area (Å²) in [6.07, 6.45) is 11.9. The summed E-state index contributed by atoms with van der Waals surface area (Å²) in [6, 6.07) is 13.6. The van der Waals surface area contributed by atoms with Crippen LogP contribution in [-0.2, 0) is 12.8 Å². The van der Waals surface area contributed by atoms with E-state index in [0.29, 0.717) is 0 Å². The van der Waals surface area contributed by atoms with E-state index in [4.69, 9.17) is 0 Å². The van der Waals surface area contributed by atoms with Crippen molar-refractivity contribution in [3.8, 4) is 11.1 Å². The lowest BCUT2D eigenvalue weighted by Crippen LogP contribution is -1.99. The first-order chi connectivity index (χ1) is 9.93. The van der Waals surface area contributed by atoms with Gasteiger partial charge >= 0.3 is 0 Å². The van der Waals surface area contributed by atoms with Gasteiger partial charge < -0.3 is 0 Å². The normalized spacial score (nSPS) is 17.4. The summed E-state index contributed by atoms with van der Waals surface area (Å²) >= 11 is 0. The molecular formula is C20H21. The smallest absolute Gasteiger partial charge is 0.0214 e. The van der Waals surface area contributed by atoms with Crippen LogP contribution in [0.25, 0.3) is 11.1 Å². The van der Waals surface area contributed by atoms with Gasteiger partial charge in [0, 0.05) is 6.42 Å². The molecule has 0 aliphatic heterocycles. The summed E-state index contributed by atoms with van der Waals surface area (Å²) in [4.78, 5) is 0. The quantitative estimate of drug-likeness (QED) is 0.514. The van der Waals surface area contributed by atoms with E-state index in [2.05, 4.69) is 42.8 Å². The molecule has 0 aromatic heterocycles. The number of aryl methyl sites for hydroxylation is 1. The standard InChI is InChI=1S/C20H21/c1-2-4-8-15-12-13-19-18-11-7-6-9-16(18)14-20(19)17(15)10-5-3-1/h6-7,9,11-14H,1-5,8,10H2. The van der Waals surface area contributed by atoms with Crippen LogP contribution in [0.2, 0.25) is 0 Å². The third-order valence-electron chi connectivity index (χ3n) is 4.88. The fraction of sp³-hybridized carbons (Fsp3) is 0.350. The van der Waals surface area contributed by atoms with Gasteiger partial charge in [-0.15, -0.1) is 0 Å². The molecule has 0 heteroatoms. The van der Waals surface area contributed by atoms with Gasteiger partial charge in [0.25, 0.3) is 0 Å². The fourth-order valence-electron chi connectivity index (χ4n) is 3.81. The van der Waals surface area contributed by atoms with E-state index in [0.717, 1.165) is 0 Å². The van der Waals surface area contributed by atoms with Crippen LogP contribution < -0.4 is 0 Å². The lowest BCUT2D eigenvalue weighted by Gasteiger charge is -2.13. The molecule has 0 fully saturated rings. The largest absolute Gasteiger partial charge is 0.0619 e. The van der Waals surface area contributed by atoms with Crippen LogP contribution in [-0.4, -0.2) is 0 Å². The Kier molecular flexibility index (Phi) is 3.10. The molecular weight excluding hydrogens is 240 g/mol. The van der Waals surface area contributed by atoms with Crippen molar-refractivity contribution in [3.63, 3.8) is 0 Å². The van der Waals surface area contributed by atoms with Crippen molar-refractivity contribution in [1.29, 1.82) is 0 Å². The number of hydrogen-bond acceptors (Lipinski definition) is 0. The molecule has 0 atom stereocenters. The molecule has 2 aromatic rings. The first-order valence-corrected chi connectivity index (χ1v) is 8.02. The lowest BCUT2D eigenvalue weighted by atomic mass is 9.91. The van der Waals surface area contributed by atoms with Gasteiger partial charge in [0.15, 0.2) is 0 Å². The Morgan fingerprint density at radius 1 is 0.650 bits per heavy atom. The molecule has 4 rings (SSSR count). The average molecular weight is 261 g/mol. The molecule has 2 aromatic carbocycles. The van der Waals surface area contributed by atoms with Crippen molar-refractivity contribution in [3.05, 3.63) is 65.1 Å². The minimum absolute atomic E-state index is 1.27. The van der Waals surface area contributed by atoms with Gasteiger partial charge in [-0.25, -0.2) is 0 Å². The molecule has 0 saturated carbocycles. The van der Waals surface area contributed by atoms with Gasteiger partial charge in [0.1, 0.15) is 0 Å². The van der Waals surface area contributed by atoms with Crippen molar-refractivity contribution in [2.75, 3.05) is 0 Å². The van der Waals surface area contributed by atoms with Crippen LogP contribution in [0.3, 0.4) is 0 Å². The van der Waals surface area contributed by atoms with Crippen LogP contribution in [0.15, 0.2) is 36.4 Å². The molecule has 0 nitrogen and oxygen atoms in total. The molecule has 0 saturated heterocycles. The number of fused-ring (bicyclic) bond motifs is 5. The highest BCUT2D eigenvalue weighted by Gasteiger charge is 2.22. The maximum Gasteiger partial charge on any atom is 0.0214 e. The molecule has 0 N–H and O–H groups in total. The highest BCUT2D eigenvalue weighted by Crippen LogP contribution is 2.41. The van der Waals surface area contributed by atoms with E-state index < -0.39 is 0 Å². The van der Waals surface area contributed by atoms with E-state index >= 15 is 0 Å². The SMILES string of the molecule is [CH]1c2ccccc2-c2ccc3c(c21)CCCCCCC3. The third-order valence-corrected chi connectivity index (χ3v) is 4.88. The second kappa shape index (κ2) is 5.09. The lowest BCUT2D eigenvalue weighted by molar-refractivity contribution is 0.629. The number of hydrogen-bond donors (Lipinski definition) is 0. The molecule has 20 heavy (non-hydrogen) atoms. The molecule has 2 aliphatic rings. The van der Waals surface area contributed by atoms with Crippen molar-refractivity contribution < 1.29 is 0 Å². The van der Waals surface area contributed by atoms with E-state index in [1.165, 1.54) is 67.2 Å². The van der Waals surface area contributed by atoms with Crippen molar-refractivity contribution in [2.24, 2.45) is 0 Å². The van der Waals surface area contributed by atoms with E-state index in [-0.39, 0.29) is 0 Å². The maximum absolute atomic E-state index is 2.42. The summed E-state index contributed by atoms with van der Waals surface area (Å²) in [5.41, 5.74) is 9.04. The zero-order valence-electron chi connectivity index (χ0n) is 12.0. The zero-order valence-corrected chi connectivity index (χ0v) is 12.0. The molecule has 1 radical (unpaired) electrons. The van der Waals surface area contributed by atoms with Crippen molar-refractivity contribution >= 4 is 0 Å². The molecule has 0 spiro atoms. The van der Waals surface area contributed by atoms with Gasteiger partial charge in [-0.2, -0.15) is 0 Å². The summed E-state index contributed by atoms with van der Waals surface area (Å²) in [6.45, 7) is 0. The van der Waals surface area contributed by atoms with Gasteiger partial charge in [0.2, 0.25) is 0 Å². The molecule has 0 amide bonds. The second-order valence-corrected chi connectivity index (χ2v) is 6.16. The Hall–Kier alpha value is -1.56. The van der Waals surface area contributed by atoms with Gasteiger partial charge in [0.05, 0.1) is 0 Å². The molecule has 0 unspecified atom stereocenters. The van der Waals surface area contributed by atoms with Crippen LogP contribution >= 0.6 is 0 Å². The van der Waals surface area contributed by atoms with Crippen LogP contribution in [0, 0.1) is 6.42 Å². The first kappa shape index (κ1) is 12.2. The monoisotopic (exact) mass is 261 g/mol. The predicted molar refractivity (Wildman–Crippen MR) is 84.9 cm³/mol. The van der Waals surface area contributed by atoms with E-state index in [1.807, 2.05) is 0 Å². The summed E-state index contributed by atoms with van der Waals surface area (Å²) < 4.78 is 0. The van der Waals surface area contributed by atoms with Crippen LogP contribution in [0.4, 0.5) is 0 Å². The molecule has 0 heterocycles. The minimum Gasteiger partial charge on any atom is -0.0619 e. The summed E-state index contributed by atoms with van der Waals surface area (Å²) in [5.74, 6) is 0. The van der Waals surface area contributed by atoms with Crippen molar-refractivity contribution in [1.82, 2.24) is 0 Å². The Bertz CT molecular complexity index is 636. The highest BCUT2D eigenvalue weighted by atomic mass is 14.3. The molecule has 2 aliphatic carbocycles. The Balaban J connectivity index is 1.82. The number of rotatable bonds is 0. The minimum atomic E-state index is 1.27. The fourth-order valence-corrected chi connectivity index (χ4v) is 3.81. The second-order valence-electron chi connectivity index (χ2n) is 6.16.